The van der Waals surface area contributed by atoms with Gasteiger partial charge in [-0.25, -0.2) is 0 Å². The molecule has 30 heavy (non-hydrogen) atoms. The Balaban J connectivity index is 1.95. The maximum absolute atomic E-state index is 5.62. The van der Waals surface area contributed by atoms with Crippen LogP contribution in [0, 0.1) is 0 Å². The molecule has 0 heterocycles. The second-order valence-electron chi connectivity index (χ2n) is 8.31. The van der Waals surface area contributed by atoms with E-state index in [1.807, 2.05) is 13.2 Å². The smallest absolute Gasteiger partial charge is 0.100 e. The van der Waals surface area contributed by atoms with Crippen LogP contribution in [0.5, 0.6) is 0 Å². The van der Waals surface area contributed by atoms with Gasteiger partial charge < -0.3 is 9.64 Å². The lowest BCUT2D eigenvalue weighted by Crippen LogP contribution is -2.36. The van der Waals surface area contributed by atoms with Gasteiger partial charge in [-0.3, -0.25) is 0 Å². The molecular formula is C27H41NOSi. The van der Waals surface area contributed by atoms with Gasteiger partial charge in [0.1, 0.15) is 8.80 Å². The monoisotopic (exact) mass is 423 g/mol. The molecule has 0 aromatic heterocycles. The minimum absolute atomic E-state index is 0.920. The van der Waals surface area contributed by atoms with Crippen LogP contribution in [0.3, 0.4) is 0 Å². The van der Waals surface area contributed by atoms with E-state index in [0.29, 0.717) is 0 Å². The molecule has 0 amide bonds. The van der Waals surface area contributed by atoms with E-state index >= 15 is 0 Å². The first-order valence-electron chi connectivity index (χ1n) is 11.8. The summed E-state index contributed by atoms with van der Waals surface area (Å²) < 4.78 is 5.62. The van der Waals surface area contributed by atoms with Crippen molar-refractivity contribution in [1.82, 2.24) is 4.90 Å². The van der Waals surface area contributed by atoms with Gasteiger partial charge in [0, 0.05) is 13.3 Å². The predicted molar refractivity (Wildman–Crippen MR) is 135 cm³/mol. The minimum atomic E-state index is -1.11. The molecule has 0 spiro atoms. The van der Waals surface area contributed by atoms with E-state index in [4.69, 9.17) is 4.74 Å². The zero-order chi connectivity index (χ0) is 21.6. The number of rotatable bonds is 15. The Hall–Kier alpha value is -1.68. The Morgan fingerprint density at radius 1 is 0.833 bits per heavy atom. The molecular weight excluding hydrogens is 382 g/mol. The highest BCUT2D eigenvalue weighted by atomic mass is 28.3. The van der Waals surface area contributed by atoms with Crippen molar-refractivity contribution in [2.24, 2.45) is 0 Å². The molecule has 0 saturated heterocycles. The lowest BCUT2D eigenvalue weighted by molar-refractivity contribution is 0.247. The van der Waals surface area contributed by atoms with Gasteiger partial charge in [0.25, 0.3) is 0 Å². The molecule has 3 heteroatoms. The highest BCUT2D eigenvalue weighted by molar-refractivity contribution is 6.73. The fourth-order valence-electron chi connectivity index (χ4n) is 3.97. The molecule has 0 radical (unpaired) electrons. The average Bonchev–Trinajstić information content (AvgIpc) is 2.80. The lowest BCUT2D eigenvalue weighted by atomic mass is 10.00. The molecule has 0 aliphatic rings. The molecule has 0 N–H and O–H groups in total. The molecule has 2 nitrogen and oxygen atoms in total. The van der Waals surface area contributed by atoms with Crippen LogP contribution in [0.2, 0.25) is 6.04 Å². The maximum Gasteiger partial charge on any atom is 0.100 e. The molecule has 0 fully saturated rings. The minimum Gasteiger partial charge on any atom is -0.388 e. The third-order valence-electron chi connectivity index (χ3n) is 5.90. The van der Waals surface area contributed by atoms with Gasteiger partial charge in [-0.15, -0.1) is 0 Å². The number of benzene rings is 2. The number of hydrogen-bond acceptors (Lipinski definition) is 2. The number of ether oxygens (including phenoxy) is 1. The summed E-state index contributed by atoms with van der Waals surface area (Å²) in [5.41, 5.74) is 3.49. The number of unbranched alkanes of at least 4 members (excludes halogenated alkanes) is 2. The summed E-state index contributed by atoms with van der Waals surface area (Å²) >= 11 is 0. The molecule has 2 rings (SSSR count). The summed E-state index contributed by atoms with van der Waals surface area (Å²) in [5.74, 6) is 0. The lowest BCUT2D eigenvalue weighted by Gasteiger charge is -2.23. The van der Waals surface area contributed by atoms with Gasteiger partial charge in [0.05, 0.1) is 0 Å². The van der Waals surface area contributed by atoms with Crippen LogP contribution in [0.1, 0.15) is 57.1 Å². The summed E-state index contributed by atoms with van der Waals surface area (Å²) in [5, 5.41) is 1.51. The molecule has 164 valence electrons. The zero-order valence-electron chi connectivity index (χ0n) is 19.4. The molecule has 0 aliphatic carbocycles. The Bertz CT molecular complexity index is 705. The average molecular weight is 424 g/mol. The van der Waals surface area contributed by atoms with Crippen LogP contribution in [0.25, 0.3) is 5.57 Å². The van der Waals surface area contributed by atoms with E-state index < -0.39 is 8.80 Å². The quantitative estimate of drug-likeness (QED) is 0.343. The predicted octanol–water partition coefficient (Wildman–Crippen LogP) is 5.66. The largest absolute Gasteiger partial charge is 0.388 e. The normalized spacial score (nSPS) is 12.3. The van der Waals surface area contributed by atoms with Crippen LogP contribution in [0.15, 0.2) is 61.2 Å². The van der Waals surface area contributed by atoms with Crippen LogP contribution < -0.4 is 5.19 Å². The fourth-order valence-corrected chi connectivity index (χ4v) is 6.48. The molecule has 1 atom stereocenters. The van der Waals surface area contributed by atoms with Crippen molar-refractivity contribution in [2.45, 2.75) is 52.0 Å². The van der Waals surface area contributed by atoms with E-state index in [1.165, 1.54) is 74.1 Å². The van der Waals surface area contributed by atoms with Crippen molar-refractivity contribution in [1.29, 1.82) is 0 Å². The summed E-state index contributed by atoms with van der Waals surface area (Å²) in [6.07, 6.45) is 7.40. The van der Waals surface area contributed by atoms with Crippen molar-refractivity contribution in [3.05, 3.63) is 72.3 Å². The second-order valence-corrected chi connectivity index (χ2v) is 11.3. The third-order valence-corrected chi connectivity index (χ3v) is 9.07. The first-order valence-corrected chi connectivity index (χ1v) is 14.0. The van der Waals surface area contributed by atoms with E-state index in [9.17, 15) is 0 Å². The summed E-state index contributed by atoms with van der Waals surface area (Å²) in [6.45, 7) is 12.6. The third kappa shape index (κ3) is 8.21. The molecule has 2 aromatic rings. The first kappa shape index (κ1) is 24.6. The Labute approximate surface area is 186 Å². The van der Waals surface area contributed by atoms with Gasteiger partial charge in [-0.05, 0) is 55.6 Å². The standard InChI is InChI=1S/C27H41NOSi/c1-5-7-19-28(20-8-6-2)21-12-22-30(23-29-4)27-17-15-26(16-18-27)24(3)25-13-10-9-11-14-25/h9-11,13-18,30H,3,5-8,12,19-23H2,1-2,4H3. The highest BCUT2D eigenvalue weighted by Crippen LogP contribution is 2.20. The molecule has 2 aromatic carbocycles. The van der Waals surface area contributed by atoms with Gasteiger partial charge in [0.15, 0.2) is 0 Å². The van der Waals surface area contributed by atoms with Gasteiger partial charge in [-0.1, -0.05) is 99.1 Å². The van der Waals surface area contributed by atoms with Crippen molar-refractivity contribution in [3.63, 3.8) is 0 Å². The van der Waals surface area contributed by atoms with E-state index in [1.54, 1.807) is 0 Å². The van der Waals surface area contributed by atoms with Crippen molar-refractivity contribution in [3.8, 4) is 0 Å². The topological polar surface area (TPSA) is 12.5 Å². The number of nitrogens with zero attached hydrogens (tertiary/aromatic N) is 1. The SMILES string of the molecule is C=C(c1ccccc1)c1ccc([SiH](CCCN(CCCC)CCCC)COC)cc1. The van der Waals surface area contributed by atoms with E-state index in [0.717, 1.165) is 11.8 Å². The molecule has 0 aliphatic heterocycles. The second kappa shape index (κ2) is 14.3. The van der Waals surface area contributed by atoms with Gasteiger partial charge >= 0.3 is 0 Å². The van der Waals surface area contributed by atoms with Crippen molar-refractivity contribution >= 4 is 19.6 Å². The van der Waals surface area contributed by atoms with Crippen LogP contribution >= 0.6 is 0 Å². The molecule has 1 unspecified atom stereocenters. The highest BCUT2D eigenvalue weighted by Gasteiger charge is 2.15. The van der Waals surface area contributed by atoms with Crippen LogP contribution in [-0.2, 0) is 4.74 Å². The Morgan fingerprint density at radius 2 is 1.40 bits per heavy atom. The van der Waals surface area contributed by atoms with Crippen LogP contribution in [0.4, 0.5) is 0 Å². The Kier molecular flexibility index (Phi) is 11.8. The van der Waals surface area contributed by atoms with Crippen molar-refractivity contribution < 1.29 is 4.74 Å². The van der Waals surface area contributed by atoms with Crippen molar-refractivity contribution in [2.75, 3.05) is 33.0 Å². The van der Waals surface area contributed by atoms with E-state index in [2.05, 4.69) is 73.9 Å². The number of hydrogen-bond donors (Lipinski definition) is 0. The zero-order valence-corrected chi connectivity index (χ0v) is 20.6. The maximum atomic E-state index is 5.62. The Morgan fingerprint density at radius 3 is 1.97 bits per heavy atom. The first-order chi connectivity index (χ1) is 14.7. The number of methoxy groups -OCH3 is 1. The summed E-state index contributed by atoms with van der Waals surface area (Å²) in [6, 6.07) is 20.9. The molecule has 0 bridgehead atoms. The fraction of sp³-hybridized carbons (Fsp3) is 0.481. The van der Waals surface area contributed by atoms with E-state index in [-0.39, 0.29) is 0 Å². The van der Waals surface area contributed by atoms with Gasteiger partial charge in [-0.2, -0.15) is 0 Å². The summed E-state index contributed by atoms with van der Waals surface area (Å²) in [7, 11) is 0.738. The van der Waals surface area contributed by atoms with Gasteiger partial charge in [0.2, 0.25) is 0 Å². The molecule has 0 saturated carbocycles. The van der Waals surface area contributed by atoms with Crippen LogP contribution in [-0.4, -0.2) is 46.7 Å². The summed E-state index contributed by atoms with van der Waals surface area (Å²) in [4.78, 5) is 2.68.